The van der Waals surface area contributed by atoms with Gasteiger partial charge < -0.3 is 42.0 Å². The monoisotopic (exact) mass is 949 g/mol. The molecule has 8 rings (SSSR count). The summed E-state index contributed by atoms with van der Waals surface area (Å²) in [5.74, 6) is 0. The molecule has 0 bridgehead atoms. The molecule has 0 atom stereocenters. The van der Waals surface area contributed by atoms with Crippen molar-refractivity contribution < 1.29 is 75.6 Å². The fourth-order valence-corrected chi connectivity index (χ4v) is 5.42. The van der Waals surface area contributed by atoms with Crippen LogP contribution in [0.15, 0.2) is 218 Å². The van der Waals surface area contributed by atoms with Crippen LogP contribution in [0.5, 0.6) is 0 Å². The molecule has 0 aliphatic carbocycles. The van der Waals surface area contributed by atoms with Gasteiger partial charge in [0, 0.05) is 74.4 Å². The van der Waals surface area contributed by atoms with E-state index in [-0.39, 0.29) is 59.4 Å². The van der Waals surface area contributed by atoms with E-state index in [0.717, 1.165) is 0 Å². The summed E-state index contributed by atoms with van der Waals surface area (Å²) < 4.78 is 61.7. The summed E-state index contributed by atoms with van der Waals surface area (Å²) in [6, 6.07) is 38.2. The summed E-state index contributed by atoms with van der Waals surface area (Å²) in [5.41, 5.74) is 7.04. The van der Waals surface area contributed by atoms with E-state index in [1.807, 2.05) is 72.8 Å². The molecule has 21 heteroatoms. The van der Waals surface area contributed by atoms with Crippen molar-refractivity contribution in [2.75, 3.05) is 0 Å². The Bertz CT molecular complexity index is 2150. The summed E-state index contributed by atoms with van der Waals surface area (Å²) in [6.07, 6.45) is 21.4. The molecule has 18 nitrogen and oxygen atoms in total. The smallest absolute Gasteiger partial charge is 0.744 e. The first kappa shape index (κ1) is 63.1. The van der Waals surface area contributed by atoms with Crippen LogP contribution >= 0.6 is 0 Å². The minimum absolute atomic E-state index is 0. The zero-order chi connectivity index (χ0) is 39.9. The van der Waals surface area contributed by atoms with E-state index in [9.17, 15) is 25.9 Å². The zero-order valence-corrected chi connectivity index (χ0v) is 35.6. The Hall–Kier alpha value is -6.57. The second-order valence-electron chi connectivity index (χ2n) is 10.9. The number of aromatic nitrogens is 6. The Morgan fingerprint density at radius 1 is 0.270 bits per heavy atom. The van der Waals surface area contributed by atoms with Crippen molar-refractivity contribution in [2.45, 2.75) is 9.79 Å². The van der Waals surface area contributed by atoms with Gasteiger partial charge in [-0.05, 0) is 130 Å². The van der Waals surface area contributed by atoms with Crippen LogP contribution in [-0.2, 0) is 37.0 Å². The van der Waals surface area contributed by atoms with Crippen molar-refractivity contribution >= 4 is 20.2 Å². The fraction of sp³-hybridized carbons (Fsp3) is 0. The predicted molar refractivity (Wildman–Crippen MR) is 233 cm³/mol. The first-order valence-electron chi connectivity index (χ1n) is 16.5. The number of hydrogen-bond acceptors (Lipinski definition) is 12. The molecule has 0 amide bonds. The average Bonchev–Trinajstić information content (AvgIpc) is 3.26. The van der Waals surface area contributed by atoms with E-state index < -0.39 is 20.2 Å². The van der Waals surface area contributed by atoms with Gasteiger partial charge in [-0.3, -0.25) is 29.9 Å². The van der Waals surface area contributed by atoms with Crippen molar-refractivity contribution in [1.82, 2.24) is 29.9 Å². The van der Waals surface area contributed by atoms with Gasteiger partial charge in [-0.15, -0.1) is 0 Å². The molecule has 0 saturated heterocycles. The molecule has 0 saturated carbocycles. The zero-order valence-electron chi connectivity index (χ0n) is 32.9. The second kappa shape index (κ2) is 34.1. The molecule has 63 heavy (non-hydrogen) atoms. The van der Waals surface area contributed by atoms with E-state index in [1.54, 1.807) is 86.5 Å². The first-order chi connectivity index (χ1) is 27.1. The van der Waals surface area contributed by atoms with Gasteiger partial charge in [-0.2, -0.15) is 0 Å². The van der Waals surface area contributed by atoms with Crippen LogP contribution in [0.4, 0.5) is 0 Å². The maximum Gasteiger partial charge on any atom is 2.00 e. The topological polar surface area (TPSA) is 381 Å². The number of rotatable bonds is 5. The third-order valence-corrected chi connectivity index (χ3v) is 8.84. The van der Waals surface area contributed by atoms with E-state index in [0.29, 0.717) is 0 Å². The van der Waals surface area contributed by atoms with Gasteiger partial charge in [0.05, 0.1) is 9.79 Å². The number of hydrogen-bond donors (Lipinski definition) is 0. The number of benzene rings is 2. The second-order valence-corrected chi connectivity index (χ2v) is 13.7. The van der Waals surface area contributed by atoms with Gasteiger partial charge in [-0.25, -0.2) is 16.8 Å². The van der Waals surface area contributed by atoms with Crippen LogP contribution in [0, 0.1) is 0 Å². The molecular weight excluding hydrogens is 904 g/mol. The van der Waals surface area contributed by atoms with Crippen molar-refractivity contribution in [3.8, 4) is 33.4 Å². The van der Waals surface area contributed by atoms with Crippen molar-refractivity contribution in [3.05, 3.63) is 208 Å². The normalized spacial score (nSPS) is 9.11. The third kappa shape index (κ3) is 23.9. The van der Waals surface area contributed by atoms with Crippen molar-refractivity contribution in [2.24, 2.45) is 0 Å². The Morgan fingerprint density at radius 2 is 0.413 bits per heavy atom. The minimum Gasteiger partial charge on any atom is -0.744 e. The van der Waals surface area contributed by atoms with Gasteiger partial charge in [-0.1, -0.05) is 36.4 Å². The molecule has 6 aromatic heterocycles. The first-order valence-corrected chi connectivity index (χ1v) is 19.4. The van der Waals surface area contributed by atoms with E-state index in [2.05, 4.69) is 29.9 Å². The third-order valence-electron chi connectivity index (χ3n) is 7.15. The Balaban J connectivity index is -0.000000337. The van der Waals surface area contributed by atoms with Gasteiger partial charge in [0.15, 0.2) is 0 Å². The average molecular weight is 950 g/mol. The summed E-state index contributed by atoms with van der Waals surface area (Å²) in [4.78, 5) is 23.4. The quantitative estimate of drug-likeness (QED) is 0.225. The minimum atomic E-state index is -4.25. The largest absolute Gasteiger partial charge is 2.00 e. The van der Waals surface area contributed by atoms with E-state index in [4.69, 9.17) is 0 Å². The molecule has 0 fully saturated rings. The fourth-order valence-electron chi connectivity index (χ4n) is 4.44. The molecule has 0 aliphatic heterocycles. The van der Waals surface area contributed by atoms with Gasteiger partial charge in [0.2, 0.25) is 0 Å². The summed E-state index contributed by atoms with van der Waals surface area (Å²) in [5, 5.41) is 0. The summed E-state index contributed by atoms with van der Waals surface area (Å²) in [6.45, 7) is 0. The molecule has 0 spiro atoms. The van der Waals surface area contributed by atoms with Gasteiger partial charge in [0.25, 0.3) is 0 Å². The van der Waals surface area contributed by atoms with E-state index >= 15 is 0 Å². The number of nitrogens with zero attached hydrogens (tertiary/aromatic N) is 6. The number of pyridine rings is 6. The van der Waals surface area contributed by atoms with Crippen LogP contribution in [0.1, 0.15) is 0 Å². The Morgan fingerprint density at radius 3 is 0.524 bits per heavy atom. The van der Waals surface area contributed by atoms with Crippen LogP contribution in [0.3, 0.4) is 0 Å². The summed E-state index contributed by atoms with van der Waals surface area (Å²) in [7, 11) is -8.51. The maximum absolute atomic E-state index is 10.3. The molecule has 337 valence electrons. The van der Waals surface area contributed by atoms with Crippen LogP contribution in [0.25, 0.3) is 33.4 Å². The molecule has 12 N–H and O–H groups in total. The molecule has 8 aromatic rings. The Kier molecular flexibility index (Phi) is 34.1. The molecule has 0 aliphatic rings. The summed E-state index contributed by atoms with van der Waals surface area (Å²) >= 11 is 0. The van der Waals surface area contributed by atoms with Crippen LogP contribution in [-0.4, -0.2) is 88.7 Å². The predicted octanol–water partition coefficient (Wildman–Crippen LogP) is 2.66. The van der Waals surface area contributed by atoms with E-state index in [1.165, 1.54) is 81.9 Å². The van der Waals surface area contributed by atoms with Crippen LogP contribution in [0.2, 0.25) is 0 Å². The van der Waals surface area contributed by atoms with Gasteiger partial charge >= 0.3 is 16.8 Å². The Labute approximate surface area is 375 Å². The molecule has 1 radical (unpaired) electrons. The van der Waals surface area contributed by atoms with Gasteiger partial charge in [0.1, 0.15) is 20.2 Å². The SMILES string of the molecule is O.O.O.O.O.O.O=S(=O)([O-])c1ccccc1.O=S(=O)([O-])c1ccccc1.[Co+2].c1cc(-c2ccncc2)ccn1.c1cc(-c2ccncc2)ccn1.c1cc(-c2ccncc2)ccn1. The van der Waals surface area contributed by atoms with Crippen molar-refractivity contribution in [3.63, 3.8) is 0 Å². The standard InChI is InChI=1S/3C10H8N2.2C6H6O3S.Co.6H2O/c3*1-5-11-6-2-9(1)10-3-7-12-8-4-10;2*7-10(8,9)6-4-2-1-3-5-6;;;;;;;/h3*1-8H;2*1-5H,(H,7,8,9);;6*1H2/q;;;;;+2;;;;;;/p-2. The molecule has 6 heterocycles. The van der Waals surface area contributed by atoms with Crippen molar-refractivity contribution in [1.29, 1.82) is 0 Å². The maximum atomic E-state index is 10.3. The van der Waals surface area contributed by atoms with Crippen LogP contribution < -0.4 is 0 Å². The molecule has 0 unspecified atom stereocenters. The molecule has 2 aromatic carbocycles. The molecular formula is C42H46CoN6O12S2.